The summed E-state index contributed by atoms with van der Waals surface area (Å²) in [7, 11) is 0. The van der Waals surface area contributed by atoms with Crippen molar-refractivity contribution < 1.29 is 4.52 Å². The largest absolute Gasteiger partial charge is 0.338 e. The zero-order valence-electron chi connectivity index (χ0n) is 13.0. The molecule has 1 N–H and O–H groups in total. The number of nitrogens with zero attached hydrogens (tertiary/aromatic N) is 2. The highest BCUT2D eigenvalue weighted by atomic mass is 16.5. The van der Waals surface area contributed by atoms with Crippen molar-refractivity contribution in [3.8, 4) is 11.4 Å². The Labute approximate surface area is 126 Å². The van der Waals surface area contributed by atoms with Gasteiger partial charge in [-0.1, -0.05) is 50.2 Å². The van der Waals surface area contributed by atoms with Crippen LogP contribution in [-0.2, 0) is 5.41 Å². The van der Waals surface area contributed by atoms with Crippen LogP contribution in [0.3, 0.4) is 0 Å². The van der Waals surface area contributed by atoms with E-state index in [0.717, 1.165) is 37.4 Å². The molecule has 0 spiro atoms. The Morgan fingerprint density at radius 1 is 1.14 bits per heavy atom. The molecule has 2 heterocycles. The Morgan fingerprint density at radius 2 is 1.81 bits per heavy atom. The maximum absolute atomic E-state index is 5.55. The van der Waals surface area contributed by atoms with Gasteiger partial charge >= 0.3 is 0 Å². The molecule has 0 aliphatic carbocycles. The van der Waals surface area contributed by atoms with Crippen LogP contribution in [0.5, 0.6) is 0 Å². The second-order valence-corrected chi connectivity index (χ2v) is 6.51. The zero-order valence-corrected chi connectivity index (χ0v) is 13.0. The lowest BCUT2D eigenvalue weighted by Crippen LogP contribution is -2.37. The Bertz CT molecular complexity index is 595. The molecule has 0 radical (unpaired) electrons. The number of rotatable bonds is 3. The summed E-state index contributed by atoms with van der Waals surface area (Å²) in [6, 6.07) is 8.44. The Hall–Kier alpha value is -1.68. The number of aromatic nitrogens is 2. The molecule has 0 amide bonds. The van der Waals surface area contributed by atoms with Crippen LogP contribution in [-0.4, -0.2) is 23.2 Å². The highest BCUT2D eigenvalue weighted by molar-refractivity contribution is 5.55. The van der Waals surface area contributed by atoms with Crippen molar-refractivity contribution in [2.75, 3.05) is 13.1 Å². The molecule has 3 rings (SSSR count). The van der Waals surface area contributed by atoms with Gasteiger partial charge in [-0.15, -0.1) is 0 Å². The monoisotopic (exact) mass is 285 g/mol. The van der Waals surface area contributed by atoms with E-state index in [1.165, 1.54) is 5.56 Å². The molecule has 0 saturated carbocycles. The van der Waals surface area contributed by atoms with Crippen LogP contribution >= 0.6 is 0 Å². The third-order valence-electron chi connectivity index (χ3n) is 4.49. The lowest BCUT2D eigenvalue weighted by molar-refractivity contribution is 0.241. The van der Waals surface area contributed by atoms with E-state index in [0.29, 0.717) is 11.7 Å². The van der Waals surface area contributed by atoms with Crippen LogP contribution in [0.25, 0.3) is 11.4 Å². The minimum Gasteiger partial charge on any atom is -0.338 e. The van der Waals surface area contributed by atoms with Gasteiger partial charge in [0.15, 0.2) is 0 Å². The van der Waals surface area contributed by atoms with E-state index in [1.54, 1.807) is 0 Å². The molecule has 2 aromatic rings. The maximum atomic E-state index is 5.55. The average Bonchev–Trinajstić information content (AvgIpc) is 2.99. The summed E-state index contributed by atoms with van der Waals surface area (Å²) in [6.07, 6.45) is 2.09. The first-order valence-electron chi connectivity index (χ1n) is 7.74. The number of piperidine rings is 1. The summed E-state index contributed by atoms with van der Waals surface area (Å²) >= 11 is 0. The van der Waals surface area contributed by atoms with Gasteiger partial charge in [-0.2, -0.15) is 4.98 Å². The van der Waals surface area contributed by atoms with Crippen LogP contribution < -0.4 is 5.32 Å². The van der Waals surface area contributed by atoms with Crippen LogP contribution in [0, 0.1) is 0 Å². The normalized spacial score (nSPS) is 18.1. The van der Waals surface area contributed by atoms with E-state index in [1.807, 2.05) is 0 Å². The van der Waals surface area contributed by atoms with Crippen molar-refractivity contribution >= 4 is 0 Å². The molecule has 21 heavy (non-hydrogen) atoms. The fourth-order valence-corrected chi connectivity index (χ4v) is 2.80. The SMILES string of the molecule is CC(C)c1ccc(-c2noc(C3(C)CCNCC3)n2)cc1. The smallest absolute Gasteiger partial charge is 0.232 e. The van der Waals surface area contributed by atoms with Crippen molar-refractivity contribution in [1.82, 2.24) is 15.5 Å². The molecule has 0 atom stereocenters. The quantitative estimate of drug-likeness (QED) is 0.937. The molecule has 4 heteroatoms. The second kappa shape index (κ2) is 5.60. The molecule has 0 bridgehead atoms. The number of nitrogens with one attached hydrogen (secondary N) is 1. The van der Waals surface area contributed by atoms with Gasteiger partial charge in [-0.25, -0.2) is 0 Å². The van der Waals surface area contributed by atoms with E-state index in [4.69, 9.17) is 4.52 Å². The molecule has 4 nitrogen and oxygen atoms in total. The highest BCUT2D eigenvalue weighted by Crippen LogP contribution is 2.32. The van der Waals surface area contributed by atoms with Crippen molar-refractivity contribution in [2.24, 2.45) is 0 Å². The third-order valence-corrected chi connectivity index (χ3v) is 4.49. The van der Waals surface area contributed by atoms with E-state index < -0.39 is 0 Å². The van der Waals surface area contributed by atoms with Gasteiger partial charge in [-0.3, -0.25) is 0 Å². The Morgan fingerprint density at radius 3 is 2.43 bits per heavy atom. The fourth-order valence-electron chi connectivity index (χ4n) is 2.80. The predicted molar refractivity (Wildman–Crippen MR) is 83.3 cm³/mol. The van der Waals surface area contributed by atoms with Gasteiger partial charge in [0, 0.05) is 11.0 Å². The number of hydrogen-bond acceptors (Lipinski definition) is 4. The highest BCUT2D eigenvalue weighted by Gasteiger charge is 2.34. The summed E-state index contributed by atoms with van der Waals surface area (Å²) in [6.45, 7) is 8.63. The minimum atomic E-state index is 0.00831. The average molecular weight is 285 g/mol. The van der Waals surface area contributed by atoms with Crippen LogP contribution in [0.15, 0.2) is 28.8 Å². The number of hydrogen-bond donors (Lipinski definition) is 1. The summed E-state index contributed by atoms with van der Waals surface area (Å²) in [5.41, 5.74) is 2.36. The van der Waals surface area contributed by atoms with Crippen molar-refractivity contribution in [1.29, 1.82) is 0 Å². The van der Waals surface area contributed by atoms with Crippen LogP contribution in [0.4, 0.5) is 0 Å². The van der Waals surface area contributed by atoms with Gasteiger partial charge in [0.2, 0.25) is 11.7 Å². The van der Waals surface area contributed by atoms with Gasteiger partial charge in [0.05, 0.1) is 0 Å². The molecule has 1 fully saturated rings. The minimum absolute atomic E-state index is 0.00831. The molecule has 1 aromatic heterocycles. The zero-order chi connectivity index (χ0) is 14.9. The van der Waals surface area contributed by atoms with Crippen molar-refractivity contribution in [3.05, 3.63) is 35.7 Å². The lowest BCUT2D eigenvalue weighted by Gasteiger charge is -2.30. The Balaban J connectivity index is 1.84. The van der Waals surface area contributed by atoms with E-state index in [9.17, 15) is 0 Å². The second-order valence-electron chi connectivity index (χ2n) is 6.51. The molecule has 1 aromatic carbocycles. The summed E-state index contributed by atoms with van der Waals surface area (Å²) in [5, 5.41) is 7.55. The summed E-state index contributed by atoms with van der Waals surface area (Å²) in [5.74, 6) is 2.00. The lowest BCUT2D eigenvalue weighted by atomic mass is 9.81. The van der Waals surface area contributed by atoms with Crippen molar-refractivity contribution in [3.63, 3.8) is 0 Å². The van der Waals surface area contributed by atoms with E-state index in [2.05, 4.69) is 60.5 Å². The molecule has 1 saturated heterocycles. The first-order valence-corrected chi connectivity index (χ1v) is 7.74. The fraction of sp³-hybridized carbons (Fsp3) is 0.529. The summed E-state index contributed by atoms with van der Waals surface area (Å²) < 4.78 is 5.55. The molecular formula is C17H23N3O. The Kier molecular flexibility index (Phi) is 3.81. The van der Waals surface area contributed by atoms with Crippen molar-refractivity contribution in [2.45, 2.75) is 44.9 Å². The van der Waals surface area contributed by atoms with E-state index in [-0.39, 0.29) is 5.41 Å². The van der Waals surface area contributed by atoms with Gasteiger partial charge in [-0.05, 0) is 37.4 Å². The van der Waals surface area contributed by atoms with Gasteiger partial charge < -0.3 is 9.84 Å². The molecule has 1 aliphatic rings. The van der Waals surface area contributed by atoms with Crippen LogP contribution in [0.2, 0.25) is 0 Å². The summed E-state index contributed by atoms with van der Waals surface area (Å²) in [4.78, 5) is 4.64. The number of benzene rings is 1. The topological polar surface area (TPSA) is 51.0 Å². The van der Waals surface area contributed by atoms with Crippen LogP contribution in [0.1, 0.15) is 51.0 Å². The van der Waals surface area contributed by atoms with E-state index >= 15 is 0 Å². The van der Waals surface area contributed by atoms with Gasteiger partial charge in [0.25, 0.3) is 0 Å². The molecule has 112 valence electrons. The van der Waals surface area contributed by atoms with Gasteiger partial charge in [0.1, 0.15) is 0 Å². The molecule has 0 unspecified atom stereocenters. The standard InChI is InChI=1S/C17H23N3O/c1-12(2)13-4-6-14(7-5-13)15-19-16(21-20-15)17(3)8-10-18-11-9-17/h4-7,12,18H,8-11H2,1-3H3. The first kappa shape index (κ1) is 14.3. The molecule has 1 aliphatic heterocycles. The predicted octanol–water partition coefficient (Wildman–Crippen LogP) is 3.50. The first-order chi connectivity index (χ1) is 10.1. The maximum Gasteiger partial charge on any atom is 0.232 e. The molecular weight excluding hydrogens is 262 g/mol. The third kappa shape index (κ3) is 2.86.